The fourth-order valence-corrected chi connectivity index (χ4v) is 1.01. The van der Waals surface area contributed by atoms with Gasteiger partial charge in [-0.25, -0.2) is 0 Å². The van der Waals surface area contributed by atoms with E-state index in [0.717, 1.165) is 12.0 Å². The van der Waals surface area contributed by atoms with E-state index in [-0.39, 0.29) is 5.41 Å². The van der Waals surface area contributed by atoms with Gasteiger partial charge >= 0.3 is 0 Å². The van der Waals surface area contributed by atoms with E-state index in [1.54, 1.807) is 0 Å². The Labute approximate surface area is 69.6 Å². The van der Waals surface area contributed by atoms with Gasteiger partial charge in [-0.15, -0.1) is 19.7 Å². The Morgan fingerprint density at radius 2 is 1.73 bits per heavy atom. The van der Waals surface area contributed by atoms with Crippen molar-refractivity contribution in [2.45, 2.75) is 13.3 Å². The number of rotatable bonds is 5. The second-order valence-corrected chi connectivity index (χ2v) is 2.72. The molecule has 0 N–H and O–H groups in total. The predicted octanol–water partition coefficient (Wildman–Crippen LogP) is 3.50. The fraction of sp³-hybridized carbons (Fsp3) is 0.273. The number of hydrogen-bond acceptors (Lipinski definition) is 0. The lowest BCUT2D eigenvalue weighted by Crippen LogP contribution is -2.13. The van der Waals surface area contributed by atoms with Gasteiger partial charge < -0.3 is 0 Å². The first-order valence-electron chi connectivity index (χ1n) is 3.67. The zero-order chi connectivity index (χ0) is 8.91. The Bertz CT molecular complexity index is 176. The van der Waals surface area contributed by atoms with E-state index in [2.05, 4.69) is 26.3 Å². The summed E-state index contributed by atoms with van der Waals surface area (Å²) < 4.78 is 0. The first-order valence-corrected chi connectivity index (χ1v) is 3.67. The first kappa shape index (κ1) is 9.96. The third-order valence-electron chi connectivity index (χ3n) is 2.01. The lowest BCUT2D eigenvalue weighted by Gasteiger charge is -2.25. The highest BCUT2D eigenvalue weighted by atomic mass is 14.2. The minimum atomic E-state index is -0.151. The van der Waals surface area contributed by atoms with Crippen molar-refractivity contribution >= 4 is 0 Å². The Kier molecular flexibility index (Phi) is 3.59. The summed E-state index contributed by atoms with van der Waals surface area (Å²) in [5.41, 5.74) is 0.907. The Morgan fingerprint density at radius 1 is 1.27 bits per heavy atom. The molecule has 0 saturated heterocycles. The molecule has 0 unspecified atom stereocenters. The van der Waals surface area contributed by atoms with Crippen LogP contribution in [0, 0.1) is 5.41 Å². The van der Waals surface area contributed by atoms with E-state index in [1.165, 1.54) is 0 Å². The molecule has 0 aromatic carbocycles. The molecule has 0 fully saturated rings. The molecule has 0 radical (unpaired) electrons. The van der Waals surface area contributed by atoms with Gasteiger partial charge in [0.05, 0.1) is 0 Å². The maximum atomic E-state index is 3.90. The van der Waals surface area contributed by atoms with E-state index in [0.29, 0.717) is 0 Å². The summed E-state index contributed by atoms with van der Waals surface area (Å²) in [6.07, 6.45) is 6.42. The largest absolute Gasteiger partial charge is 0.103 e. The third kappa shape index (κ3) is 1.94. The summed E-state index contributed by atoms with van der Waals surface area (Å²) in [7, 11) is 0. The fourth-order valence-electron chi connectivity index (χ4n) is 1.01. The van der Waals surface area contributed by atoms with E-state index in [9.17, 15) is 0 Å². The highest BCUT2D eigenvalue weighted by Crippen LogP contribution is 2.32. The van der Waals surface area contributed by atoms with Crippen LogP contribution < -0.4 is 0 Å². The third-order valence-corrected chi connectivity index (χ3v) is 2.01. The van der Waals surface area contributed by atoms with E-state index < -0.39 is 0 Å². The van der Waals surface area contributed by atoms with E-state index >= 15 is 0 Å². The zero-order valence-electron chi connectivity index (χ0n) is 7.27. The van der Waals surface area contributed by atoms with Crippen LogP contribution in [0.3, 0.4) is 0 Å². The second kappa shape index (κ2) is 3.97. The van der Waals surface area contributed by atoms with Crippen LogP contribution in [0.25, 0.3) is 0 Å². The molecule has 0 aliphatic heterocycles. The summed E-state index contributed by atoms with van der Waals surface area (Å²) in [6, 6.07) is 0. The molecule has 0 saturated carbocycles. The monoisotopic (exact) mass is 148 g/mol. The van der Waals surface area contributed by atoms with Crippen molar-refractivity contribution in [2.75, 3.05) is 0 Å². The average Bonchev–Trinajstić information content (AvgIpc) is 2.00. The topological polar surface area (TPSA) is 0 Å². The van der Waals surface area contributed by atoms with Crippen LogP contribution in [0.15, 0.2) is 50.1 Å². The van der Waals surface area contributed by atoms with Crippen molar-refractivity contribution in [1.82, 2.24) is 0 Å². The molecule has 60 valence electrons. The molecular formula is C11H16. The molecule has 0 aliphatic carbocycles. The van der Waals surface area contributed by atoms with Crippen LogP contribution in [0.2, 0.25) is 0 Å². The van der Waals surface area contributed by atoms with Crippen LogP contribution in [-0.2, 0) is 0 Å². The summed E-state index contributed by atoms with van der Waals surface area (Å²) in [5, 5.41) is 0. The lowest BCUT2D eigenvalue weighted by atomic mass is 9.79. The normalized spacial score (nSPS) is 10.3. The summed E-state index contributed by atoms with van der Waals surface area (Å²) in [5.74, 6) is 0. The summed E-state index contributed by atoms with van der Waals surface area (Å²) in [4.78, 5) is 0. The summed E-state index contributed by atoms with van der Waals surface area (Å²) >= 11 is 0. The molecule has 0 rings (SSSR count). The van der Waals surface area contributed by atoms with Crippen LogP contribution in [0.5, 0.6) is 0 Å². The van der Waals surface area contributed by atoms with Gasteiger partial charge in [-0.3, -0.25) is 0 Å². The summed E-state index contributed by atoms with van der Waals surface area (Å²) in [6.45, 7) is 17.1. The van der Waals surface area contributed by atoms with Gasteiger partial charge in [0.2, 0.25) is 0 Å². The quantitative estimate of drug-likeness (QED) is 0.523. The Morgan fingerprint density at radius 3 is 1.82 bits per heavy atom. The van der Waals surface area contributed by atoms with Gasteiger partial charge in [-0.1, -0.05) is 30.4 Å². The van der Waals surface area contributed by atoms with Gasteiger partial charge in [-0.2, -0.15) is 0 Å². The number of hydrogen-bond donors (Lipinski definition) is 0. The standard InChI is InChI=1S/C11H16/c1-6-9-11(7-2,8-3)10(4)5/h6-8H,1-4,9H2,5H3. The maximum absolute atomic E-state index is 3.90. The molecular weight excluding hydrogens is 132 g/mol. The molecule has 0 spiro atoms. The SMILES string of the molecule is C=CCC(C=C)(C=C)C(=C)C. The maximum Gasteiger partial charge on any atom is 0.0295 e. The zero-order valence-corrected chi connectivity index (χ0v) is 7.27. The minimum absolute atomic E-state index is 0.151. The van der Waals surface area contributed by atoms with Crippen molar-refractivity contribution in [3.8, 4) is 0 Å². The molecule has 11 heavy (non-hydrogen) atoms. The molecule has 0 nitrogen and oxygen atoms in total. The minimum Gasteiger partial charge on any atom is -0.103 e. The van der Waals surface area contributed by atoms with Crippen molar-refractivity contribution in [2.24, 2.45) is 5.41 Å². The predicted molar refractivity (Wildman–Crippen MR) is 52.5 cm³/mol. The molecule has 0 aromatic rings. The average molecular weight is 148 g/mol. The highest BCUT2D eigenvalue weighted by molar-refractivity contribution is 5.25. The molecule has 0 bridgehead atoms. The Balaban J connectivity index is 4.72. The van der Waals surface area contributed by atoms with E-state index in [1.807, 2.05) is 25.2 Å². The molecule has 0 aromatic heterocycles. The molecule has 0 atom stereocenters. The van der Waals surface area contributed by atoms with Gasteiger partial charge in [0, 0.05) is 5.41 Å². The second-order valence-electron chi connectivity index (χ2n) is 2.72. The van der Waals surface area contributed by atoms with Gasteiger partial charge in [0.25, 0.3) is 0 Å². The van der Waals surface area contributed by atoms with E-state index in [4.69, 9.17) is 0 Å². The van der Waals surface area contributed by atoms with Crippen LogP contribution in [-0.4, -0.2) is 0 Å². The van der Waals surface area contributed by atoms with Crippen LogP contribution in [0.1, 0.15) is 13.3 Å². The van der Waals surface area contributed by atoms with Crippen LogP contribution >= 0.6 is 0 Å². The molecule has 0 heteroatoms. The molecule has 0 aliphatic rings. The van der Waals surface area contributed by atoms with Gasteiger partial charge in [0.1, 0.15) is 0 Å². The lowest BCUT2D eigenvalue weighted by molar-refractivity contribution is 0.602. The van der Waals surface area contributed by atoms with Crippen LogP contribution in [0.4, 0.5) is 0 Å². The van der Waals surface area contributed by atoms with Crippen molar-refractivity contribution < 1.29 is 0 Å². The molecule has 0 heterocycles. The van der Waals surface area contributed by atoms with Crippen molar-refractivity contribution in [3.05, 3.63) is 50.1 Å². The van der Waals surface area contributed by atoms with Crippen molar-refractivity contribution in [1.29, 1.82) is 0 Å². The first-order chi connectivity index (χ1) is 5.13. The Hall–Kier alpha value is -1.04. The molecule has 0 amide bonds. The highest BCUT2D eigenvalue weighted by Gasteiger charge is 2.20. The van der Waals surface area contributed by atoms with Gasteiger partial charge in [-0.05, 0) is 13.3 Å². The smallest absolute Gasteiger partial charge is 0.0295 e. The van der Waals surface area contributed by atoms with Gasteiger partial charge in [0.15, 0.2) is 0 Å². The number of allylic oxidation sites excluding steroid dienone is 4. The van der Waals surface area contributed by atoms with Crippen molar-refractivity contribution in [3.63, 3.8) is 0 Å².